The normalized spacial score (nSPS) is 11.8. The third kappa shape index (κ3) is 4.89. The van der Waals surface area contributed by atoms with Crippen LogP contribution in [0, 0.1) is 0 Å². The standard InChI is InChI=1S/C30H37NOS/c1-17(2)22-11-9-12-23(18(3)4)28(22)26-15-21(31-33)16-27(30(26)32)29-24(19(5)6)13-10-14-25(29)20(7)8/h9-20,32H,1-8H3. The number of benzene rings is 3. The second-order valence-electron chi connectivity index (χ2n) is 10.2. The van der Waals surface area contributed by atoms with E-state index in [9.17, 15) is 5.11 Å². The predicted octanol–water partition coefficient (Wildman–Crippen LogP) is 9.58. The Bertz CT molecular complexity index is 1020. The number of aromatic hydroxyl groups is 1. The van der Waals surface area contributed by atoms with Gasteiger partial charge in [0.25, 0.3) is 0 Å². The molecule has 0 heterocycles. The molecule has 1 N–H and O–H groups in total. The molecule has 0 unspecified atom stereocenters. The zero-order valence-corrected chi connectivity index (χ0v) is 22.0. The van der Waals surface area contributed by atoms with E-state index in [1.807, 2.05) is 12.1 Å². The first-order valence-corrected chi connectivity index (χ1v) is 12.4. The molecule has 0 amide bonds. The molecule has 2 nitrogen and oxygen atoms in total. The van der Waals surface area contributed by atoms with Gasteiger partial charge in [-0.2, -0.15) is 4.36 Å². The molecule has 3 aromatic rings. The monoisotopic (exact) mass is 459 g/mol. The third-order valence-corrected chi connectivity index (χ3v) is 6.70. The Morgan fingerprint density at radius 3 is 1.15 bits per heavy atom. The van der Waals surface area contributed by atoms with Crippen molar-refractivity contribution in [3.63, 3.8) is 0 Å². The Morgan fingerprint density at radius 2 is 0.909 bits per heavy atom. The van der Waals surface area contributed by atoms with E-state index in [2.05, 4.69) is 96.2 Å². The summed E-state index contributed by atoms with van der Waals surface area (Å²) in [5.41, 5.74) is 9.46. The van der Waals surface area contributed by atoms with Crippen LogP contribution in [0.5, 0.6) is 5.75 Å². The summed E-state index contributed by atoms with van der Waals surface area (Å²) in [7, 11) is 0. The summed E-state index contributed by atoms with van der Waals surface area (Å²) in [5, 5.41) is 11.9. The van der Waals surface area contributed by atoms with E-state index in [-0.39, 0.29) is 0 Å². The first-order valence-electron chi connectivity index (χ1n) is 12.0. The van der Waals surface area contributed by atoms with Gasteiger partial charge in [0.1, 0.15) is 5.75 Å². The number of nitrogens with zero attached hydrogens (tertiary/aromatic N) is 1. The second-order valence-corrected chi connectivity index (χ2v) is 10.4. The molecule has 3 heteroatoms. The van der Waals surface area contributed by atoms with E-state index in [4.69, 9.17) is 12.4 Å². The van der Waals surface area contributed by atoms with Gasteiger partial charge in [-0.3, -0.25) is 0 Å². The highest BCUT2D eigenvalue weighted by Gasteiger charge is 2.24. The maximum Gasteiger partial charge on any atom is 0.131 e. The van der Waals surface area contributed by atoms with Crippen LogP contribution < -0.4 is 0 Å². The molecule has 3 aromatic carbocycles. The van der Waals surface area contributed by atoms with Gasteiger partial charge < -0.3 is 5.11 Å². The molecule has 0 saturated heterocycles. The summed E-state index contributed by atoms with van der Waals surface area (Å²) < 4.78 is 4.15. The van der Waals surface area contributed by atoms with Crippen LogP contribution in [0.2, 0.25) is 0 Å². The summed E-state index contributed by atoms with van der Waals surface area (Å²) in [4.78, 5) is 0. The highest BCUT2D eigenvalue weighted by molar-refractivity contribution is 7.47. The Kier molecular flexibility index (Phi) is 7.74. The minimum absolute atomic E-state index is 0.308. The van der Waals surface area contributed by atoms with Gasteiger partial charge in [0.2, 0.25) is 0 Å². The van der Waals surface area contributed by atoms with Gasteiger partial charge in [0, 0.05) is 23.6 Å². The SMILES string of the molecule is CC(C)c1cccc(C(C)C)c1-c1cc(N=S)cc(-c2c(C(C)C)cccc2C(C)C)c1O. The smallest absolute Gasteiger partial charge is 0.131 e. The van der Waals surface area contributed by atoms with E-state index in [1.165, 1.54) is 22.3 Å². The molecule has 3 rings (SSSR count). The van der Waals surface area contributed by atoms with Crippen molar-refractivity contribution in [2.24, 2.45) is 4.36 Å². The van der Waals surface area contributed by atoms with E-state index in [0.717, 1.165) is 22.3 Å². The van der Waals surface area contributed by atoms with Crippen LogP contribution in [0.1, 0.15) is 101 Å². The van der Waals surface area contributed by atoms with Crippen LogP contribution in [-0.2, 0) is 12.4 Å². The molecule has 0 atom stereocenters. The Labute approximate surface area is 205 Å². The molecular weight excluding hydrogens is 422 g/mol. The zero-order chi connectivity index (χ0) is 24.4. The molecule has 0 fully saturated rings. The van der Waals surface area contributed by atoms with Gasteiger partial charge >= 0.3 is 0 Å². The van der Waals surface area contributed by atoms with Crippen molar-refractivity contribution in [2.75, 3.05) is 0 Å². The average Bonchev–Trinajstić information content (AvgIpc) is 2.78. The van der Waals surface area contributed by atoms with Crippen molar-refractivity contribution < 1.29 is 5.11 Å². The Morgan fingerprint density at radius 1 is 0.606 bits per heavy atom. The summed E-state index contributed by atoms with van der Waals surface area (Å²) in [6.45, 7) is 17.6. The molecule has 0 aliphatic carbocycles. The third-order valence-electron chi connectivity index (χ3n) is 6.48. The van der Waals surface area contributed by atoms with Crippen LogP contribution in [-0.4, -0.2) is 5.11 Å². The lowest BCUT2D eigenvalue weighted by atomic mass is 9.81. The molecule has 0 bridgehead atoms. The maximum atomic E-state index is 11.9. The molecule has 0 aliphatic rings. The number of rotatable bonds is 7. The fourth-order valence-corrected chi connectivity index (χ4v) is 4.88. The average molecular weight is 460 g/mol. The van der Waals surface area contributed by atoms with Crippen molar-refractivity contribution in [3.05, 3.63) is 70.8 Å². The van der Waals surface area contributed by atoms with E-state index < -0.39 is 0 Å². The predicted molar refractivity (Wildman–Crippen MR) is 145 cm³/mol. The first-order chi connectivity index (χ1) is 15.6. The fraction of sp³-hybridized carbons (Fsp3) is 0.400. The van der Waals surface area contributed by atoms with Crippen LogP contribution in [0.4, 0.5) is 5.69 Å². The topological polar surface area (TPSA) is 32.6 Å². The van der Waals surface area contributed by atoms with E-state index in [1.54, 1.807) is 0 Å². The van der Waals surface area contributed by atoms with Gasteiger partial charge in [-0.25, -0.2) is 0 Å². The van der Waals surface area contributed by atoms with Crippen LogP contribution in [0.25, 0.3) is 22.3 Å². The Hall–Kier alpha value is -2.52. The largest absolute Gasteiger partial charge is 0.507 e. The summed E-state index contributed by atoms with van der Waals surface area (Å²) in [5.74, 6) is 1.58. The van der Waals surface area contributed by atoms with E-state index in [0.29, 0.717) is 35.1 Å². The molecular formula is C30H37NOS. The minimum atomic E-state index is 0.308. The number of phenolic OH excluding ortho intramolecular Hbond substituents is 1. The highest BCUT2D eigenvalue weighted by Crippen LogP contribution is 2.49. The van der Waals surface area contributed by atoms with Gasteiger partial charge in [0.15, 0.2) is 0 Å². The van der Waals surface area contributed by atoms with Crippen LogP contribution in [0.3, 0.4) is 0 Å². The number of phenols is 1. The summed E-state index contributed by atoms with van der Waals surface area (Å²) >= 11 is 5.16. The molecule has 0 radical (unpaired) electrons. The van der Waals surface area contributed by atoms with Gasteiger partial charge in [0.05, 0.1) is 5.69 Å². The molecule has 0 spiro atoms. The molecule has 0 saturated carbocycles. The molecule has 0 aromatic heterocycles. The summed E-state index contributed by atoms with van der Waals surface area (Å²) in [6, 6.07) is 16.8. The lowest BCUT2D eigenvalue weighted by Gasteiger charge is -2.24. The van der Waals surface area contributed by atoms with Crippen LogP contribution in [0.15, 0.2) is 52.9 Å². The van der Waals surface area contributed by atoms with Gasteiger partial charge in [-0.05, 0) is 69.2 Å². The van der Waals surface area contributed by atoms with E-state index >= 15 is 0 Å². The number of hydrogen-bond donors (Lipinski definition) is 1. The van der Waals surface area contributed by atoms with Crippen molar-refractivity contribution >= 4 is 18.1 Å². The van der Waals surface area contributed by atoms with Gasteiger partial charge in [-0.15, -0.1) is 0 Å². The quantitative estimate of drug-likeness (QED) is 0.381. The first kappa shape index (κ1) is 25.1. The number of hydrogen-bond acceptors (Lipinski definition) is 3. The fourth-order valence-electron chi connectivity index (χ4n) is 4.78. The zero-order valence-electron chi connectivity index (χ0n) is 21.2. The van der Waals surface area contributed by atoms with Crippen molar-refractivity contribution in [3.8, 4) is 28.0 Å². The molecule has 0 aliphatic heterocycles. The molecule has 33 heavy (non-hydrogen) atoms. The minimum Gasteiger partial charge on any atom is -0.507 e. The van der Waals surface area contributed by atoms with Crippen molar-refractivity contribution in [2.45, 2.75) is 79.1 Å². The second kappa shape index (κ2) is 10.2. The Balaban J connectivity index is 2.49. The highest BCUT2D eigenvalue weighted by atomic mass is 32.1. The lowest BCUT2D eigenvalue weighted by Crippen LogP contribution is -2.02. The lowest BCUT2D eigenvalue weighted by molar-refractivity contribution is 0.479. The maximum absolute atomic E-state index is 11.9. The van der Waals surface area contributed by atoms with Crippen molar-refractivity contribution in [1.29, 1.82) is 0 Å². The van der Waals surface area contributed by atoms with Crippen LogP contribution >= 0.6 is 0 Å². The molecule has 174 valence electrons. The van der Waals surface area contributed by atoms with Crippen molar-refractivity contribution in [1.82, 2.24) is 0 Å². The van der Waals surface area contributed by atoms with Gasteiger partial charge in [-0.1, -0.05) is 91.8 Å². The summed E-state index contributed by atoms with van der Waals surface area (Å²) in [6.07, 6.45) is 0.